The monoisotopic (exact) mass is 410 g/mol. The van der Waals surface area contributed by atoms with E-state index in [-0.39, 0.29) is 23.9 Å². The van der Waals surface area contributed by atoms with Crippen molar-refractivity contribution in [3.8, 4) is 5.75 Å². The maximum Gasteiger partial charge on any atom is 0.349 e. The van der Waals surface area contributed by atoms with Gasteiger partial charge in [0.15, 0.2) is 0 Å². The van der Waals surface area contributed by atoms with Gasteiger partial charge in [-0.2, -0.15) is 0 Å². The van der Waals surface area contributed by atoms with E-state index in [4.69, 9.17) is 9.15 Å². The summed E-state index contributed by atoms with van der Waals surface area (Å²) in [6.07, 6.45) is 3.16. The van der Waals surface area contributed by atoms with Crippen molar-refractivity contribution < 1.29 is 18.7 Å². The van der Waals surface area contributed by atoms with Crippen LogP contribution in [0.25, 0.3) is 0 Å². The number of amides is 2. The molecule has 2 amide bonds. The van der Waals surface area contributed by atoms with Gasteiger partial charge in [-0.1, -0.05) is 18.6 Å². The molecule has 158 valence electrons. The molecule has 0 atom stereocenters. The third kappa shape index (κ3) is 3.97. The van der Waals surface area contributed by atoms with Crippen LogP contribution in [0.15, 0.2) is 39.5 Å². The van der Waals surface area contributed by atoms with E-state index >= 15 is 0 Å². The molecule has 0 unspecified atom stereocenters. The molecule has 0 N–H and O–H groups in total. The Morgan fingerprint density at radius 1 is 1.20 bits per heavy atom. The number of hydrogen-bond donors (Lipinski definition) is 0. The number of carbonyl (C=O) groups is 2. The van der Waals surface area contributed by atoms with Crippen LogP contribution in [-0.4, -0.2) is 48.4 Å². The molecular weight excluding hydrogens is 384 g/mol. The van der Waals surface area contributed by atoms with Crippen molar-refractivity contribution in [3.05, 3.63) is 63.2 Å². The third-order valence-electron chi connectivity index (χ3n) is 6.00. The second-order valence-corrected chi connectivity index (χ2v) is 8.02. The van der Waals surface area contributed by atoms with Crippen molar-refractivity contribution in [1.29, 1.82) is 0 Å². The summed E-state index contributed by atoms with van der Waals surface area (Å²) in [5.74, 6) is 1.10. The summed E-state index contributed by atoms with van der Waals surface area (Å²) in [5, 5.41) is 0. The lowest BCUT2D eigenvalue weighted by molar-refractivity contribution is -0.135. The highest BCUT2D eigenvalue weighted by molar-refractivity contribution is 5.97. The van der Waals surface area contributed by atoms with E-state index in [9.17, 15) is 14.4 Å². The first-order valence-electron chi connectivity index (χ1n) is 10.3. The summed E-state index contributed by atoms with van der Waals surface area (Å²) in [6.45, 7) is 2.94. The van der Waals surface area contributed by atoms with Crippen molar-refractivity contribution in [2.75, 3.05) is 26.7 Å². The normalized spacial score (nSPS) is 17.1. The second kappa shape index (κ2) is 8.34. The molecule has 2 heterocycles. The number of piperazine rings is 1. The predicted octanol–water partition coefficient (Wildman–Crippen LogP) is 2.71. The van der Waals surface area contributed by atoms with E-state index in [0.717, 1.165) is 30.6 Å². The van der Waals surface area contributed by atoms with Crippen LogP contribution in [0.2, 0.25) is 0 Å². The summed E-state index contributed by atoms with van der Waals surface area (Å²) in [5.41, 5.74) is 1.01. The fourth-order valence-electron chi connectivity index (χ4n) is 3.98. The molecule has 1 aromatic heterocycles. The molecule has 1 aromatic carbocycles. The van der Waals surface area contributed by atoms with Crippen LogP contribution in [0.1, 0.15) is 52.4 Å². The standard InChI is InChI=1S/C23H26N2O5/c1-15-11-19(17-6-4-7-17)30-23(28)21(15)22(27)25-10-9-24(20(26)14-25)13-16-5-3-8-18(12-16)29-2/h3,5,8,11-12,17H,4,6-7,9-10,13-14H2,1-2H3. The van der Waals surface area contributed by atoms with E-state index in [0.29, 0.717) is 31.0 Å². The Bertz CT molecular complexity index is 1020. The maximum atomic E-state index is 13.0. The van der Waals surface area contributed by atoms with E-state index in [1.807, 2.05) is 24.3 Å². The number of benzene rings is 1. The lowest BCUT2D eigenvalue weighted by Crippen LogP contribution is -2.52. The number of rotatable bonds is 5. The lowest BCUT2D eigenvalue weighted by Gasteiger charge is -2.34. The zero-order valence-electron chi connectivity index (χ0n) is 17.3. The van der Waals surface area contributed by atoms with Gasteiger partial charge in [-0.3, -0.25) is 9.59 Å². The molecule has 1 saturated carbocycles. The Labute approximate surface area is 175 Å². The van der Waals surface area contributed by atoms with Crippen LogP contribution >= 0.6 is 0 Å². The quantitative estimate of drug-likeness (QED) is 0.757. The highest BCUT2D eigenvalue weighted by atomic mass is 16.5. The molecule has 7 nitrogen and oxygen atoms in total. The molecule has 2 fully saturated rings. The van der Waals surface area contributed by atoms with Crippen molar-refractivity contribution in [3.63, 3.8) is 0 Å². The van der Waals surface area contributed by atoms with Crippen LogP contribution < -0.4 is 10.4 Å². The molecule has 30 heavy (non-hydrogen) atoms. The van der Waals surface area contributed by atoms with Gasteiger partial charge in [0.05, 0.1) is 7.11 Å². The van der Waals surface area contributed by atoms with E-state index in [2.05, 4.69) is 0 Å². The summed E-state index contributed by atoms with van der Waals surface area (Å²) in [7, 11) is 1.60. The Kier molecular flexibility index (Phi) is 5.61. The molecule has 2 aliphatic rings. The van der Waals surface area contributed by atoms with Crippen LogP contribution in [0.5, 0.6) is 5.75 Å². The fourth-order valence-corrected chi connectivity index (χ4v) is 3.98. The molecule has 1 aliphatic heterocycles. The van der Waals surface area contributed by atoms with Crippen molar-refractivity contribution in [2.24, 2.45) is 0 Å². The Balaban J connectivity index is 1.44. The van der Waals surface area contributed by atoms with Crippen LogP contribution in [0, 0.1) is 6.92 Å². The number of hydrogen-bond acceptors (Lipinski definition) is 5. The smallest absolute Gasteiger partial charge is 0.349 e. The van der Waals surface area contributed by atoms with Gasteiger partial charge in [0, 0.05) is 25.6 Å². The highest BCUT2D eigenvalue weighted by Gasteiger charge is 2.31. The van der Waals surface area contributed by atoms with Gasteiger partial charge in [-0.05, 0) is 49.1 Å². The number of nitrogens with zero attached hydrogens (tertiary/aromatic N) is 2. The predicted molar refractivity (Wildman–Crippen MR) is 111 cm³/mol. The minimum atomic E-state index is -0.604. The third-order valence-corrected chi connectivity index (χ3v) is 6.00. The van der Waals surface area contributed by atoms with Gasteiger partial charge in [0.1, 0.15) is 23.6 Å². The molecular formula is C23H26N2O5. The first-order valence-corrected chi connectivity index (χ1v) is 10.3. The average Bonchev–Trinajstić information content (AvgIpc) is 2.67. The van der Waals surface area contributed by atoms with Gasteiger partial charge in [0.2, 0.25) is 5.91 Å². The van der Waals surface area contributed by atoms with E-state index < -0.39 is 11.5 Å². The molecule has 0 bridgehead atoms. The zero-order valence-corrected chi connectivity index (χ0v) is 17.3. The van der Waals surface area contributed by atoms with Crippen molar-refractivity contribution >= 4 is 11.8 Å². The molecule has 7 heteroatoms. The fraction of sp³-hybridized carbons (Fsp3) is 0.435. The number of methoxy groups -OCH3 is 1. The molecule has 0 radical (unpaired) electrons. The maximum absolute atomic E-state index is 13.0. The summed E-state index contributed by atoms with van der Waals surface area (Å²) < 4.78 is 10.7. The van der Waals surface area contributed by atoms with Gasteiger partial charge < -0.3 is 19.0 Å². The summed E-state index contributed by atoms with van der Waals surface area (Å²) in [6, 6.07) is 9.37. The Morgan fingerprint density at radius 3 is 2.63 bits per heavy atom. The topological polar surface area (TPSA) is 80.1 Å². The summed E-state index contributed by atoms with van der Waals surface area (Å²) in [4.78, 5) is 41.3. The number of ether oxygens (including phenoxy) is 1. The number of aryl methyl sites for hydroxylation is 1. The molecule has 4 rings (SSSR count). The van der Waals surface area contributed by atoms with Crippen molar-refractivity contribution in [1.82, 2.24) is 9.80 Å². The molecule has 0 spiro atoms. The number of carbonyl (C=O) groups excluding carboxylic acids is 2. The van der Waals surface area contributed by atoms with Crippen LogP contribution in [0.3, 0.4) is 0 Å². The lowest BCUT2D eigenvalue weighted by atomic mass is 9.83. The molecule has 2 aromatic rings. The Morgan fingerprint density at radius 2 is 2.00 bits per heavy atom. The second-order valence-electron chi connectivity index (χ2n) is 8.02. The van der Waals surface area contributed by atoms with E-state index in [1.165, 1.54) is 4.90 Å². The van der Waals surface area contributed by atoms with Crippen LogP contribution in [0.4, 0.5) is 0 Å². The minimum Gasteiger partial charge on any atom is -0.497 e. The summed E-state index contributed by atoms with van der Waals surface area (Å²) >= 11 is 0. The van der Waals surface area contributed by atoms with Gasteiger partial charge in [-0.15, -0.1) is 0 Å². The SMILES string of the molecule is COc1cccc(CN2CCN(C(=O)c3c(C)cc(C4CCC4)oc3=O)CC2=O)c1. The molecule has 1 saturated heterocycles. The largest absolute Gasteiger partial charge is 0.497 e. The zero-order chi connectivity index (χ0) is 21.3. The highest BCUT2D eigenvalue weighted by Crippen LogP contribution is 2.36. The Hall–Kier alpha value is -3.09. The first kappa shape index (κ1) is 20.2. The van der Waals surface area contributed by atoms with Gasteiger partial charge >= 0.3 is 5.63 Å². The first-order chi connectivity index (χ1) is 14.5. The molecule has 1 aliphatic carbocycles. The van der Waals surface area contributed by atoms with Gasteiger partial charge in [-0.25, -0.2) is 4.79 Å². The average molecular weight is 410 g/mol. The van der Waals surface area contributed by atoms with E-state index in [1.54, 1.807) is 25.0 Å². The minimum absolute atomic E-state index is 0.0344. The van der Waals surface area contributed by atoms with Crippen LogP contribution in [-0.2, 0) is 11.3 Å². The van der Waals surface area contributed by atoms with Crippen molar-refractivity contribution in [2.45, 2.75) is 38.6 Å². The van der Waals surface area contributed by atoms with Gasteiger partial charge in [0.25, 0.3) is 5.91 Å².